The van der Waals surface area contributed by atoms with Gasteiger partial charge < -0.3 is 0 Å². The Bertz CT molecular complexity index is 547. The predicted molar refractivity (Wildman–Crippen MR) is 104 cm³/mol. The highest BCUT2D eigenvalue weighted by atomic mass is 31.3. The SMILES string of the molecule is CCCCCCCCC[Si](CC)(CC)Pc1c(F)c(F)c(F)c(F)c1F. The van der Waals surface area contributed by atoms with Crippen molar-refractivity contribution in [2.75, 3.05) is 0 Å². The highest BCUT2D eigenvalue weighted by Gasteiger charge is 2.34. The average Bonchev–Trinajstić information content (AvgIpc) is 2.66. The third-order valence-corrected chi connectivity index (χ3v) is 15.7. The van der Waals surface area contributed by atoms with Crippen molar-refractivity contribution >= 4 is 21.2 Å². The maximum Gasteiger partial charge on any atom is 0.200 e. The van der Waals surface area contributed by atoms with E-state index in [0.717, 1.165) is 37.4 Å². The Morgan fingerprint density at radius 1 is 0.615 bits per heavy atom. The van der Waals surface area contributed by atoms with E-state index in [2.05, 4.69) is 6.92 Å². The number of unbranched alkanes of at least 4 members (excludes halogenated alkanes) is 6. The van der Waals surface area contributed by atoms with Gasteiger partial charge in [-0.25, -0.2) is 22.0 Å². The summed E-state index contributed by atoms with van der Waals surface area (Å²) in [6.07, 6.45) is 8.05. The van der Waals surface area contributed by atoms with Crippen molar-refractivity contribution in [3.05, 3.63) is 29.1 Å². The molecule has 0 fully saturated rings. The van der Waals surface area contributed by atoms with Gasteiger partial charge in [0.05, 0.1) is 7.74 Å². The molecule has 0 bridgehead atoms. The molecule has 150 valence electrons. The largest absolute Gasteiger partial charge is 0.203 e. The van der Waals surface area contributed by atoms with Crippen molar-refractivity contribution in [1.29, 1.82) is 0 Å². The summed E-state index contributed by atoms with van der Waals surface area (Å²) < 4.78 is 68.4. The molecule has 0 nitrogen and oxygen atoms in total. The molecule has 0 aliphatic heterocycles. The summed E-state index contributed by atoms with van der Waals surface area (Å²) in [6.45, 7) is 6.13. The summed E-state index contributed by atoms with van der Waals surface area (Å²) in [6, 6.07) is 2.46. The summed E-state index contributed by atoms with van der Waals surface area (Å²) in [7, 11) is -2.39. The summed E-state index contributed by atoms with van der Waals surface area (Å²) >= 11 is 0. The minimum absolute atomic E-state index is 0.293. The van der Waals surface area contributed by atoms with Crippen LogP contribution in [0.2, 0.25) is 18.1 Å². The van der Waals surface area contributed by atoms with Gasteiger partial charge >= 0.3 is 0 Å². The van der Waals surface area contributed by atoms with Crippen LogP contribution in [0.3, 0.4) is 0 Å². The van der Waals surface area contributed by atoms with Gasteiger partial charge in [-0.1, -0.05) is 92.0 Å². The third kappa shape index (κ3) is 6.02. The van der Waals surface area contributed by atoms with Crippen LogP contribution in [-0.2, 0) is 0 Å². The first-order valence-corrected chi connectivity index (χ1v) is 14.2. The maximum absolute atomic E-state index is 14.1. The van der Waals surface area contributed by atoms with E-state index >= 15 is 0 Å². The van der Waals surface area contributed by atoms with Crippen LogP contribution in [0.1, 0.15) is 65.7 Å². The molecule has 0 spiro atoms. The van der Waals surface area contributed by atoms with Gasteiger partial charge in [0.2, 0.25) is 5.82 Å². The van der Waals surface area contributed by atoms with Crippen molar-refractivity contribution in [3.63, 3.8) is 0 Å². The lowest BCUT2D eigenvalue weighted by Gasteiger charge is -2.30. The number of rotatable bonds is 12. The van der Waals surface area contributed by atoms with Crippen LogP contribution < -0.4 is 5.30 Å². The first-order chi connectivity index (χ1) is 12.3. The molecule has 0 aliphatic rings. The first-order valence-electron chi connectivity index (χ1n) is 9.63. The molecular formula is C19H30F5PSi. The minimum atomic E-state index is -2.09. The lowest BCUT2D eigenvalue weighted by molar-refractivity contribution is 0.384. The fourth-order valence-electron chi connectivity index (χ4n) is 3.24. The molecule has 1 unspecified atom stereocenters. The van der Waals surface area contributed by atoms with E-state index in [0.29, 0.717) is 0 Å². The molecule has 1 atom stereocenters. The van der Waals surface area contributed by atoms with Crippen LogP contribution in [-0.4, -0.2) is 7.74 Å². The van der Waals surface area contributed by atoms with Crippen molar-refractivity contribution in [3.8, 4) is 0 Å². The molecule has 1 rings (SSSR count). The lowest BCUT2D eigenvalue weighted by atomic mass is 10.1. The van der Waals surface area contributed by atoms with E-state index in [9.17, 15) is 22.0 Å². The number of halogens is 5. The van der Waals surface area contributed by atoms with E-state index in [1.165, 1.54) is 25.7 Å². The van der Waals surface area contributed by atoms with Crippen molar-refractivity contribution in [1.82, 2.24) is 0 Å². The molecule has 0 N–H and O–H groups in total. The van der Waals surface area contributed by atoms with Gasteiger partial charge in [-0.05, 0) is 0 Å². The topological polar surface area (TPSA) is 0 Å². The zero-order valence-corrected chi connectivity index (χ0v) is 18.0. The van der Waals surface area contributed by atoms with Crippen LogP contribution in [0.15, 0.2) is 0 Å². The van der Waals surface area contributed by atoms with Gasteiger partial charge in [-0.2, -0.15) is 0 Å². The summed E-state index contributed by atoms with van der Waals surface area (Å²) in [5, 5.41) is -0.584. The van der Waals surface area contributed by atoms with E-state index in [4.69, 9.17) is 0 Å². The monoisotopic (exact) mass is 412 g/mol. The van der Waals surface area contributed by atoms with E-state index in [1.807, 2.05) is 13.8 Å². The minimum Gasteiger partial charge on any atom is -0.203 e. The number of hydrogen-bond donors (Lipinski definition) is 0. The van der Waals surface area contributed by atoms with E-state index in [1.54, 1.807) is 0 Å². The highest BCUT2D eigenvalue weighted by Crippen LogP contribution is 2.41. The molecule has 0 aromatic heterocycles. The van der Waals surface area contributed by atoms with E-state index in [-0.39, 0.29) is 8.13 Å². The Balaban J connectivity index is 2.82. The zero-order valence-electron chi connectivity index (χ0n) is 16.0. The van der Waals surface area contributed by atoms with Crippen molar-refractivity contribution in [2.45, 2.75) is 83.8 Å². The molecule has 0 saturated carbocycles. The van der Waals surface area contributed by atoms with Crippen LogP contribution in [0.25, 0.3) is 0 Å². The van der Waals surface area contributed by atoms with Gasteiger partial charge in [-0.15, -0.1) is 0 Å². The Kier molecular flexibility index (Phi) is 10.3. The van der Waals surface area contributed by atoms with Crippen LogP contribution in [0.4, 0.5) is 22.0 Å². The van der Waals surface area contributed by atoms with Crippen LogP contribution in [0.5, 0.6) is 0 Å². The molecule has 0 aliphatic carbocycles. The predicted octanol–water partition coefficient (Wildman–Crippen LogP) is 7.42. The Labute approximate surface area is 156 Å². The average molecular weight is 412 g/mol. The Hall–Kier alpha value is -0.483. The van der Waals surface area contributed by atoms with Crippen LogP contribution in [0, 0.1) is 29.1 Å². The summed E-state index contributed by atoms with van der Waals surface area (Å²) in [4.78, 5) is 0. The molecule has 1 aromatic rings. The highest BCUT2D eigenvalue weighted by molar-refractivity contribution is 7.87. The van der Waals surface area contributed by atoms with Crippen molar-refractivity contribution in [2.24, 2.45) is 0 Å². The molecule has 0 radical (unpaired) electrons. The van der Waals surface area contributed by atoms with Gasteiger partial charge in [0.25, 0.3) is 0 Å². The standard InChI is InChI=1S/C19H30F5PSi/c1-4-7-8-9-10-11-12-13-26(5-2,6-3)25-19-17(23)15(21)14(20)16(22)18(19)24/h25H,4-13H2,1-3H3. The molecule has 0 heterocycles. The zero-order chi connectivity index (χ0) is 19.7. The lowest BCUT2D eigenvalue weighted by Crippen LogP contribution is -2.32. The second-order valence-electron chi connectivity index (χ2n) is 6.93. The molecule has 0 amide bonds. The van der Waals surface area contributed by atoms with Gasteiger partial charge in [0, 0.05) is 5.30 Å². The van der Waals surface area contributed by atoms with Crippen molar-refractivity contribution < 1.29 is 22.0 Å². The quantitative estimate of drug-likeness (QED) is 0.0837. The molecule has 0 saturated heterocycles. The molecule has 7 heteroatoms. The fourth-order valence-corrected chi connectivity index (χ4v) is 11.0. The van der Waals surface area contributed by atoms with Gasteiger partial charge in [-0.3, -0.25) is 0 Å². The Morgan fingerprint density at radius 2 is 1.04 bits per heavy atom. The Morgan fingerprint density at radius 3 is 1.50 bits per heavy atom. The van der Waals surface area contributed by atoms with E-state index < -0.39 is 42.1 Å². The van der Waals surface area contributed by atoms with Crippen LogP contribution >= 0.6 is 8.13 Å². The maximum atomic E-state index is 14.1. The first kappa shape index (κ1) is 23.6. The second-order valence-corrected chi connectivity index (χ2v) is 16.1. The second kappa shape index (κ2) is 11.4. The number of benzene rings is 1. The molecule has 26 heavy (non-hydrogen) atoms. The third-order valence-electron chi connectivity index (χ3n) is 5.21. The molecule has 1 aromatic carbocycles. The van der Waals surface area contributed by atoms with Gasteiger partial charge in [0.1, 0.15) is 0 Å². The molecular weight excluding hydrogens is 382 g/mol. The normalized spacial score (nSPS) is 12.5. The summed E-state index contributed by atoms with van der Waals surface area (Å²) in [5.41, 5.74) is 0. The fraction of sp³-hybridized carbons (Fsp3) is 0.684. The number of hydrogen-bond acceptors (Lipinski definition) is 0. The van der Waals surface area contributed by atoms with Gasteiger partial charge in [0.15, 0.2) is 23.3 Å². The smallest absolute Gasteiger partial charge is 0.200 e. The summed E-state index contributed by atoms with van der Waals surface area (Å²) in [5.74, 6) is -8.99.